The van der Waals surface area contributed by atoms with Crippen molar-refractivity contribution in [3.8, 4) is 5.75 Å². The summed E-state index contributed by atoms with van der Waals surface area (Å²) >= 11 is 0. The first-order valence-corrected chi connectivity index (χ1v) is 6.40. The molecule has 98 valence electrons. The molecule has 0 saturated heterocycles. The number of ether oxygens (including phenoxy) is 1. The van der Waals surface area contributed by atoms with Crippen LogP contribution in [-0.4, -0.2) is 17.7 Å². The van der Waals surface area contributed by atoms with Gasteiger partial charge >= 0.3 is 0 Å². The average Bonchev–Trinajstić information content (AvgIpc) is 2.66. The third-order valence-electron chi connectivity index (χ3n) is 3.39. The fourth-order valence-electron chi connectivity index (χ4n) is 2.27. The van der Waals surface area contributed by atoms with E-state index in [9.17, 15) is 0 Å². The van der Waals surface area contributed by atoms with E-state index in [2.05, 4.69) is 49.8 Å². The van der Waals surface area contributed by atoms with E-state index in [4.69, 9.17) is 4.74 Å². The van der Waals surface area contributed by atoms with Gasteiger partial charge in [-0.1, -0.05) is 19.9 Å². The highest BCUT2D eigenvalue weighted by Crippen LogP contribution is 2.30. The van der Waals surface area contributed by atoms with E-state index < -0.39 is 0 Å². The van der Waals surface area contributed by atoms with E-state index in [1.165, 1.54) is 22.2 Å². The fourth-order valence-corrected chi connectivity index (χ4v) is 2.27. The van der Waals surface area contributed by atoms with E-state index in [0.717, 1.165) is 12.3 Å². The largest absolute Gasteiger partial charge is 0.495 e. The zero-order valence-corrected chi connectivity index (χ0v) is 11.9. The molecule has 0 aliphatic carbocycles. The summed E-state index contributed by atoms with van der Waals surface area (Å²) in [7, 11) is 3.82. The van der Waals surface area contributed by atoms with Gasteiger partial charge in [0.15, 0.2) is 0 Å². The van der Waals surface area contributed by atoms with Crippen LogP contribution in [0.2, 0.25) is 0 Å². The van der Waals surface area contributed by atoms with E-state index >= 15 is 0 Å². The van der Waals surface area contributed by atoms with Gasteiger partial charge in [0.25, 0.3) is 0 Å². The highest BCUT2D eigenvalue weighted by Gasteiger charge is 2.12. The molecule has 3 nitrogen and oxygen atoms in total. The van der Waals surface area contributed by atoms with E-state index in [0.29, 0.717) is 6.04 Å². The number of fused-ring (bicyclic) bond motifs is 1. The number of benzene rings is 1. The Morgan fingerprint density at radius 2 is 2.06 bits per heavy atom. The van der Waals surface area contributed by atoms with Crippen LogP contribution in [0.3, 0.4) is 0 Å². The van der Waals surface area contributed by atoms with Gasteiger partial charge in [-0.3, -0.25) is 0 Å². The number of methoxy groups -OCH3 is 1. The molecule has 1 aromatic heterocycles. The first-order chi connectivity index (χ1) is 8.54. The summed E-state index contributed by atoms with van der Waals surface area (Å²) in [5, 5.41) is 4.73. The number of hydrogen-bond donors (Lipinski definition) is 1. The Balaban J connectivity index is 2.51. The lowest BCUT2D eigenvalue weighted by Crippen LogP contribution is -2.23. The first kappa shape index (κ1) is 13.0. The number of aryl methyl sites for hydroxylation is 2. The predicted octanol–water partition coefficient (Wildman–Crippen LogP) is 2.99. The molecule has 1 heterocycles. The number of nitrogens with zero attached hydrogens (tertiary/aromatic N) is 1. The van der Waals surface area contributed by atoms with Gasteiger partial charge in [-0.05, 0) is 24.6 Å². The molecule has 0 aliphatic heterocycles. The maximum absolute atomic E-state index is 5.46. The van der Waals surface area contributed by atoms with Crippen LogP contribution < -0.4 is 10.1 Å². The van der Waals surface area contributed by atoms with Gasteiger partial charge in [-0.2, -0.15) is 0 Å². The van der Waals surface area contributed by atoms with Gasteiger partial charge in [0.05, 0.1) is 12.6 Å². The van der Waals surface area contributed by atoms with Crippen molar-refractivity contribution in [3.05, 3.63) is 29.5 Å². The summed E-state index contributed by atoms with van der Waals surface area (Å²) in [4.78, 5) is 0. The Labute approximate surface area is 109 Å². The minimum Gasteiger partial charge on any atom is -0.495 e. The molecule has 0 radical (unpaired) electrons. The van der Waals surface area contributed by atoms with Crippen molar-refractivity contribution < 1.29 is 4.74 Å². The minimum absolute atomic E-state index is 0.492. The van der Waals surface area contributed by atoms with E-state index in [1.54, 1.807) is 7.11 Å². The Bertz CT molecular complexity index is 555. The van der Waals surface area contributed by atoms with Crippen LogP contribution in [0.1, 0.15) is 25.1 Å². The minimum atomic E-state index is 0.492. The van der Waals surface area contributed by atoms with Gasteiger partial charge < -0.3 is 14.6 Å². The summed E-state index contributed by atoms with van der Waals surface area (Å²) in [5.41, 5.74) is 3.75. The van der Waals surface area contributed by atoms with Crippen LogP contribution in [-0.2, 0) is 13.6 Å². The molecular weight excluding hydrogens is 224 g/mol. The Morgan fingerprint density at radius 1 is 1.33 bits per heavy atom. The van der Waals surface area contributed by atoms with E-state index in [1.807, 2.05) is 6.07 Å². The summed E-state index contributed by atoms with van der Waals surface area (Å²) in [6.45, 7) is 7.34. The van der Waals surface area contributed by atoms with Gasteiger partial charge in [0.1, 0.15) is 5.75 Å². The smallest absolute Gasteiger partial charge is 0.143 e. The van der Waals surface area contributed by atoms with Crippen molar-refractivity contribution in [2.45, 2.75) is 33.4 Å². The summed E-state index contributed by atoms with van der Waals surface area (Å²) in [5.74, 6) is 0.939. The van der Waals surface area contributed by atoms with Crippen molar-refractivity contribution in [2.24, 2.45) is 7.05 Å². The highest BCUT2D eigenvalue weighted by molar-refractivity contribution is 5.89. The quantitative estimate of drug-likeness (QED) is 0.897. The van der Waals surface area contributed by atoms with E-state index in [-0.39, 0.29) is 0 Å². The van der Waals surface area contributed by atoms with Crippen molar-refractivity contribution in [1.29, 1.82) is 0 Å². The normalized spacial score (nSPS) is 11.4. The summed E-state index contributed by atoms with van der Waals surface area (Å²) in [6.07, 6.45) is 0. The lowest BCUT2D eigenvalue weighted by molar-refractivity contribution is 0.417. The molecule has 2 rings (SSSR count). The average molecular weight is 246 g/mol. The molecule has 3 heteroatoms. The third kappa shape index (κ3) is 2.23. The van der Waals surface area contributed by atoms with Crippen LogP contribution in [0.25, 0.3) is 10.9 Å². The van der Waals surface area contributed by atoms with Crippen LogP contribution >= 0.6 is 0 Å². The first-order valence-electron chi connectivity index (χ1n) is 6.40. The molecule has 0 spiro atoms. The molecule has 1 N–H and O–H groups in total. The third-order valence-corrected chi connectivity index (χ3v) is 3.39. The molecule has 18 heavy (non-hydrogen) atoms. The van der Waals surface area contributed by atoms with Gasteiger partial charge in [-0.25, -0.2) is 0 Å². The zero-order valence-electron chi connectivity index (χ0n) is 11.9. The van der Waals surface area contributed by atoms with Crippen LogP contribution in [0.15, 0.2) is 18.2 Å². The highest BCUT2D eigenvalue weighted by atomic mass is 16.5. The van der Waals surface area contributed by atoms with Gasteiger partial charge in [0.2, 0.25) is 0 Å². The molecule has 2 aromatic rings. The zero-order chi connectivity index (χ0) is 13.3. The molecule has 0 aliphatic rings. The lowest BCUT2D eigenvalue weighted by atomic mass is 10.1. The molecule has 0 amide bonds. The molecule has 0 atom stereocenters. The predicted molar refractivity (Wildman–Crippen MR) is 76.2 cm³/mol. The second kappa shape index (κ2) is 5.02. The standard InChI is InChI=1S/C15H22N2O/c1-10(2)16-9-12-8-13-11(3)6-7-14(18-5)15(13)17(12)4/h6-8,10,16H,9H2,1-5H3. The number of nitrogens with one attached hydrogen (secondary N) is 1. The van der Waals surface area contributed by atoms with Crippen molar-refractivity contribution in [3.63, 3.8) is 0 Å². The van der Waals surface area contributed by atoms with Gasteiger partial charge in [0, 0.05) is 30.7 Å². The van der Waals surface area contributed by atoms with Crippen LogP contribution in [0, 0.1) is 6.92 Å². The van der Waals surface area contributed by atoms with Crippen molar-refractivity contribution >= 4 is 10.9 Å². The maximum Gasteiger partial charge on any atom is 0.143 e. The van der Waals surface area contributed by atoms with Crippen molar-refractivity contribution in [1.82, 2.24) is 9.88 Å². The second-order valence-corrected chi connectivity index (χ2v) is 5.08. The fraction of sp³-hybridized carbons (Fsp3) is 0.467. The molecular formula is C15H22N2O. The Hall–Kier alpha value is -1.48. The van der Waals surface area contributed by atoms with Crippen molar-refractivity contribution in [2.75, 3.05) is 7.11 Å². The number of hydrogen-bond acceptors (Lipinski definition) is 2. The number of aromatic nitrogens is 1. The SMILES string of the molecule is COc1ccc(C)c2cc(CNC(C)C)n(C)c12. The summed E-state index contributed by atoms with van der Waals surface area (Å²) < 4.78 is 7.68. The molecule has 0 fully saturated rings. The molecule has 1 aromatic carbocycles. The Morgan fingerprint density at radius 3 is 2.67 bits per heavy atom. The van der Waals surface area contributed by atoms with Gasteiger partial charge in [-0.15, -0.1) is 0 Å². The monoisotopic (exact) mass is 246 g/mol. The Kier molecular flexibility index (Phi) is 3.62. The maximum atomic E-state index is 5.46. The summed E-state index contributed by atoms with van der Waals surface area (Å²) in [6, 6.07) is 6.90. The van der Waals surface area contributed by atoms with Crippen LogP contribution in [0.5, 0.6) is 5.75 Å². The van der Waals surface area contributed by atoms with Crippen LogP contribution in [0.4, 0.5) is 0 Å². The lowest BCUT2D eigenvalue weighted by Gasteiger charge is -2.10. The topological polar surface area (TPSA) is 26.2 Å². The number of rotatable bonds is 4. The molecule has 0 bridgehead atoms. The molecule has 0 saturated carbocycles. The molecule has 0 unspecified atom stereocenters. The second-order valence-electron chi connectivity index (χ2n) is 5.08.